The standard InChI is InChI=1S/C30H22N2O3.C25H22N2O4.C24H20N2O2/c33-27-18-26(17-24-10-5-15-31-28(24)27)23-8-4-9-25(16-23)30(35)32-19-20-11-13-22(14-12-20)29(34)21-6-2-1-3-7-21;1-30-21-8-9-23(31-2)20(13-21)15-27-25(29)18-6-3-5-16(11-18)19-12-17-7-4-10-26-24(17)22(28)14-19;1-16-7-9-17(10-8-16)15-26-24(28)20-5-2-4-18(12-20)21-13-19-6-3-11-25-23(19)22(27)14-21/h1-18,33H,19H2,(H,32,35);3-14,28H,15H2,1-2H3,(H,27,29);2-14,27H,15H2,1H3,(H,26,28). The average Bonchev–Trinajstić information content (AvgIpc) is 0.883. The Morgan fingerprint density at radius 3 is 1.17 bits per heavy atom. The quantitative estimate of drug-likeness (QED) is 0.0497. The van der Waals surface area contributed by atoms with Crippen LogP contribution in [0.15, 0.2) is 261 Å². The van der Waals surface area contributed by atoms with Gasteiger partial charge in [0.25, 0.3) is 17.7 Å². The lowest BCUT2D eigenvalue weighted by atomic mass is 10.0. The molecule has 0 atom stereocenters. The number of carbonyl (C=O) groups is 4. The van der Waals surface area contributed by atoms with E-state index in [4.69, 9.17) is 9.47 Å². The number of amides is 3. The zero-order valence-electron chi connectivity index (χ0n) is 51.6. The molecule has 0 unspecified atom stereocenters. The van der Waals surface area contributed by atoms with Gasteiger partial charge in [-0.1, -0.05) is 139 Å². The molecule has 13 aromatic rings. The molecular weight excluding hydrogens is 1180 g/mol. The first-order valence-corrected chi connectivity index (χ1v) is 30.1. The minimum Gasteiger partial charge on any atom is -0.506 e. The Bertz CT molecular complexity index is 4910. The van der Waals surface area contributed by atoms with E-state index in [1.807, 2.05) is 177 Å². The van der Waals surface area contributed by atoms with Crippen molar-refractivity contribution in [1.29, 1.82) is 0 Å². The zero-order valence-corrected chi connectivity index (χ0v) is 51.6. The molecule has 0 fully saturated rings. The van der Waals surface area contributed by atoms with Crippen LogP contribution >= 0.6 is 0 Å². The van der Waals surface area contributed by atoms with Crippen molar-refractivity contribution in [3.05, 3.63) is 311 Å². The zero-order chi connectivity index (χ0) is 65.5. The Morgan fingerprint density at radius 1 is 0.362 bits per heavy atom. The molecule has 94 heavy (non-hydrogen) atoms. The van der Waals surface area contributed by atoms with Crippen molar-refractivity contribution >= 4 is 56.2 Å². The van der Waals surface area contributed by atoms with Gasteiger partial charge in [-0.25, -0.2) is 0 Å². The maximum absolute atomic E-state index is 12.8. The fourth-order valence-corrected chi connectivity index (χ4v) is 10.6. The molecule has 0 saturated carbocycles. The first-order valence-electron chi connectivity index (χ1n) is 30.1. The van der Waals surface area contributed by atoms with Gasteiger partial charge in [-0.15, -0.1) is 0 Å². The molecule has 10 aromatic carbocycles. The molecule has 0 aliphatic carbocycles. The SMILES string of the molecule is COc1ccc(OC)c(CNC(=O)c2cccc(-c3cc(O)c4ncccc4c3)c2)c1.Cc1ccc(CNC(=O)c2cccc(-c3cc(O)c4ncccc4c3)c2)cc1.O=C(NCc1ccc(C(=O)c2ccccc2)cc1)c1cccc(-c2cc(O)c3ncccc3c2)c1. The number of methoxy groups -OCH3 is 2. The van der Waals surface area contributed by atoms with Crippen LogP contribution in [0, 0.1) is 6.92 Å². The summed E-state index contributed by atoms with van der Waals surface area (Å²) in [6.07, 6.45) is 4.94. The summed E-state index contributed by atoms with van der Waals surface area (Å²) in [4.78, 5) is 63.4. The predicted octanol–water partition coefficient (Wildman–Crippen LogP) is 15.2. The molecule has 6 N–H and O–H groups in total. The van der Waals surface area contributed by atoms with Crippen LogP contribution in [0.4, 0.5) is 0 Å². The van der Waals surface area contributed by atoms with Crippen LogP contribution in [0.1, 0.15) is 69.2 Å². The van der Waals surface area contributed by atoms with Crippen molar-refractivity contribution in [1.82, 2.24) is 30.9 Å². The largest absolute Gasteiger partial charge is 0.506 e. The van der Waals surface area contributed by atoms with Crippen molar-refractivity contribution in [2.75, 3.05) is 14.2 Å². The van der Waals surface area contributed by atoms with E-state index in [9.17, 15) is 34.5 Å². The van der Waals surface area contributed by atoms with Crippen molar-refractivity contribution in [3.63, 3.8) is 0 Å². The van der Waals surface area contributed by atoms with Crippen LogP contribution in [-0.4, -0.2) is 68.0 Å². The second-order valence-electron chi connectivity index (χ2n) is 22.1. The van der Waals surface area contributed by atoms with E-state index in [2.05, 4.69) is 30.9 Å². The number of aryl methyl sites for hydroxylation is 1. The average molecular weight is 1240 g/mol. The summed E-state index contributed by atoms with van der Waals surface area (Å²) in [5.74, 6) is 1.12. The summed E-state index contributed by atoms with van der Waals surface area (Å²) >= 11 is 0. The number of phenolic OH excluding ortho intramolecular Hbond substituents is 3. The van der Waals surface area contributed by atoms with Crippen molar-refractivity contribution in [3.8, 4) is 62.1 Å². The summed E-state index contributed by atoms with van der Waals surface area (Å²) in [6, 6.07) is 73.9. The number of aromatic hydroxyl groups is 3. The van der Waals surface area contributed by atoms with Gasteiger partial charge in [-0.3, -0.25) is 34.1 Å². The summed E-state index contributed by atoms with van der Waals surface area (Å²) in [6.45, 7) is 3.15. The van der Waals surface area contributed by atoms with Crippen LogP contribution < -0.4 is 25.4 Å². The summed E-state index contributed by atoms with van der Waals surface area (Å²) in [7, 11) is 3.18. The number of hydrogen-bond donors (Lipinski definition) is 6. The van der Waals surface area contributed by atoms with E-state index in [-0.39, 0.29) is 40.8 Å². The monoisotopic (exact) mass is 1240 g/mol. The van der Waals surface area contributed by atoms with Gasteiger partial charge < -0.3 is 40.7 Å². The molecule has 464 valence electrons. The first kappa shape index (κ1) is 63.1. The molecule has 3 heterocycles. The number of rotatable bonds is 16. The highest BCUT2D eigenvalue weighted by molar-refractivity contribution is 6.09. The van der Waals surface area contributed by atoms with E-state index in [0.717, 1.165) is 66.2 Å². The Kier molecular flexibility index (Phi) is 19.8. The molecular formula is C79H64N6O9. The van der Waals surface area contributed by atoms with E-state index in [1.54, 1.807) is 106 Å². The van der Waals surface area contributed by atoms with Gasteiger partial charge in [0.05, 0.1) is 14.2 Å². The lowest BCUT2D eigenvalue weighted by Gasteiger charge is -2.12. The van der Waals surface area contributed by atoms with Crippen LogP contribution in [0.3, 0.4) is 0 Å². The van der Waals surface area contributed by atoms with Gasteiger partial charge in [-0.2, -0.15) is 0 Å². The van der Waals surface area contributed by atoms with Crippen LogP contribution in [0.25, 0.3) is 66.1 Å². The number of nitrogens with one attached hydrogen (secondary N) is 3. The molecule has 15 heteroatoms. The molecule has 3 aromatic heterocycles. The second-order valence-corrected chi connectivity index (χ2v) is 22.1. The van der Waals surface area contributed by atoms with Gasteiger partial charge in [0.1, 0.15) is 45.3 Å². The van der Waals surface area contributed by atoms with Gasteiger partial charge in [0.15, 0.2) is 5.78 Å². The molecule has 3 amide bonds. The maximum atomic E-state index is 12.8. The van der Waals surface area contributed by atoms with Gasteiger partial charge >= 0.3 is 0 Å². The fourth-order valence-electron chi connectivity index (χ4n) is 10.6. The summed E-state index contributed by atoms with van der Waals surface area (Å²) in [5.41, 5.74) is 13.4. The maximum Gasteiger partial charge on any atom is 0.251 e. The number of phenols is 3. The van der Waals surface area contributed by atoms with Crippen molar-refractivity contribution in [2.24, 2.45) is 0 Å². The third-order valence-corrected chi connectivity index (χ3v) is 15.6. The van der Waals surface area contributed by atoms with E-state index in [1.165, 1.54) is 5.56 Å². The molecule has 0 bridgehead atoms. The van der Waals surface area contributed by atoms with E-state index >= 15 is 0 Å². The van der Waals surface area contributed by atoms with Gasteiger partial charge in [0, 0.05) is 87.8 Å². The highest BCUT2D eigenvalue weighted by atomic mass is 16.5. The van der Waals surface area contributed by atoms with E-state index < -0.39 is 0 Å². The molecule has 0 radical (unpaired) electrons. The highest BCUT2D eigenvalue weighted by Gasteiger charge is 2.16. The Morgan fingerprint density at radius 2 is 0.755 bits per heavy atom. The number of aromatic nitrogens is 3. The number of ketones is 1. The molecule has 0 spiro atoms. The lowest BCUT2D eigenvalue weighted by molar-refractivity contribution is 0.0942. The first-order chi connectivity index (χ1) is 45.8. The summed E-state index contributed by atoms with van der Waals surface area (Å²) in [5, 5.41) is 42.3. The Labute approximate surface area is 542 Å². The number of fused-ring (bicyclic) bond motifs is 3. The Hall–Kier alpha value is -12.5. The third kappa shape index (κ3) is 15.4. The second kappa shape index (κ2) is 29.4. The smallest absolute Gasteiger partial charge is 0.251 e. The number of carbonyl (C=O) groups excluding carboxylic acids is 4. The van der Waals surface area contributed by atoms with Crippen LogP contribution in [0.2, 0.25) is 0 Å². The third-order valence-electron chi connectivity index (χ3n) is 15.6. The molecule has 0 aliphatic heterocycles. The lowest BCUT2D eigenvalue weighted by Crippen LogP contribution is -2.23. The minimum atomic E-state index is -0.210. The van der Waals surface area contributed by atoms with Gasteiger partial charge in [-0.05, 0) is 161 Å². The predicted molar refractivity (Wildman–Crippen MR) is 367 cm³/mol. The Balaban J connectivity index is 0.000000145. The summed E-state index contributed by atoms with van der Waals surface area (Å²) < 4.78 is 10.6. The number of nitrogens with zero attached hydrogens (tertiary/aromatic N) is 3. The van der Waals surface area contributed by atoms with Crippen LogP contribution in [-0.2, 0) is 19.6 Å². The van der Waals surface area contributed by atoms with Crippen LogP contribution in [0.5, 0.6) is 28.7 Å². The normalized spacial score (nSPS) is 10.7. The van der Waals surface area contributed by atoms with Crippen molar-refractivity contribution in [2.45, 2.75) is 26.6 Å². The fraction of sp³-hybridized carbons (Fsp3) is 0.0759. The number of hydrogen-bond acceptors (Lipinski definition) is 12. The molecule has 0 saturated heterocycles. The number of benzene rings is 10. The van der Waals surface area contributed by atoms with E-state index in [0.29, 0.717) is 75.5 Å². The topological polar surface area (TPSA) is 222 Å². The minimum absolute atomic E-state index is 0.0338. The van der Waals surface area contributed by atoms with Crippen molar-refractivity contribution < 1.29 is 44.0 Å². The highest BCUT2D eigenvalue weighted by Crippen LogP contribution is 2.34. The number of ether oxygens (including phenoxy) is 2. The molecule has 15 nitrogen and oxygen atoms in total. The van der Waals surface area contributed by atoms with Gasteiger partial charge in [0.2, 0.25) is 0 Å². The molecule has 13 rings (SSSR count). The molecule has 0 aliphatic rings. The number of pyridine rings is 3.